The van der Waals surface area contributed by atoms with Crippen LogP contribution in [0.5, 0.6) is 11.5 Å². The van der Waals surface area contributed by atoms with Crippen LogP contribution in [-0.2, 0) is 4.79 Å². The maximum atomic E-state index is 12.3. The second kappa shape index (κ2) is 5.28. The third-order valence-electron chi connectivity index (χ3n) is 4.36. The summed E-state index contributed by atoms with van der Waals surface area (Å²) < 4.78 is 11.1. The summed E-state index contributed by atoms with van der Waals surface area (Å²) in [7, 11) is 0. The Labute approximate surface area is 134 Å². The van der Waals surface area contributed by atoms with Gasteiger partial charge in [-0.1, -0.05) is 29.8 Å². The van der Waals surface area contributed by atoms with E-state index in [-0.39, 0.29) is 11.9 Å². The van der Waals surface area contributed by atoms with Gasteiger partial charge in [0.1, 0.15) is 19.3 Å². The minimum atomic E-state index is -0.508. The van der Waals surface area contributed by atoms with Crippen molar-refractivity contribution in [1.29, 1.82) is 0 Å². The van der Waals surface area contributed by atoms with Gasteiger partial charge in [0.05, 0.1) is 6.04 Å². The zero-order chi connectivity index (χ0) is 16.0. The van der Waals surface area contributed by atoms with E-state index < -0.39 is 6.04 Å². The zero-order valence-electron chi connectivity index (χ0n) is 12.9. The van der Waals surface area contributed by atoms with Crippen LogP contribution in [0.2, 0.25) is 0 Å². The van der Waals surface area contributed by atoms with Gasteiger partial charge in [-0.15, -0.1) is 0 Å². The highest BCUT2D eigenvalue weighted by atomic mass is 16.6. The minimum Gasteiger partial charge on any atom is -0.486 e. The zero-order valence-corrected chi connectivity index (χ0v) is 12.9. The predicted molar refractivity (Wildman–Crippen MR) is 86.8 cm³/mol. The molecule has 2 aromatic rings. The first-order valence-electron chi connectivity index (χ1n) is 7.70. The van der Waals surface area contributed by atoms with Crippen LogP contribution in [0.15, 0.2) is 42.5 Å². The summed E-state index contributed by atoms with van der Waals surface area (Å²) in [6.45, 7) is 3.10. The molecule has 2 atom stereocenters. The predicted octanol–water partition coefficient (Wildman–Crippen LogP) is 2.18. The van der Waals surface area contributed by atoms with E-state index in [1.165, 1.54) is 5.56 Å². The second-order valence-corrected chi connectivity index (χ2v) is 5.92. The molecule has 1 fully saturated rings. The quantitative estimate of drug-likeness (QED) is 0.864. The lowest BCUT2D eigenvalue weighted by atomic mass is 9.88. The Balaban J connectivity index is 1.69. The first kappa shape index (κ1) is 14.1. The van der Waals surface area contributed by atoms with E-state index >= 15 is 0 Å². The van der Waals surface area contributed by atoms with E-state index in [9.17, 15) is 4.79 Å². The van der Waals surface area contributed by atoms with Crippen LogP contribution in [0.3, 0.4) is 0 Å². The van der Waals surface area contributed by atoms with Gasteiger partial charge in [-0.05, 0) is 24.6 Å². The largest absolute Gasteiger partial charge is 0.486 e. The molecular formula is C18H18N2O3. The number of carbonyl (C=O) groups excluding carboxylic acids is 1. The topological polar surface area (TPSA) is 64.8 Å². The third kappa shape index (κ3) is 2.24. The molecule has 2 heterocycles. The van der Waals surface area contributed by atoms with Gasteiger partial charge in [0.15, 0.2) is 11.5 Å². The molecule has 0 aliphatic carbocycles. The first-order chi connectivity index (χ1) is 11.1. The van der Waals surface area contributed by atoms with Crippen molar-refractivity contribution < 1.29 is 14.3 Å². The molecule has 5 nitrogen and oxygen atoms in total. The molecule has 0 aromatic heterocycles. The van der Waals surface area contributed by atoms with Crippen molar-refractivity contribution in [2.75, 3.05) is 18.1 Å². The van der Waals surface area contributed by atoms with Crippen LogP contribution in [0.1, 0.15) is 17.2 Å². The number of nitrogens with two attached hydrogens (primary N) is 1. The highest BCUT2D eigenvalue weighted by Crippen LogP contribution is 2.42. The molecule has 0 radical (unpaired) electrons. The Morgan fingerprint density at radius 2 is 1.74 bits per heavy atom. The number of anilines is 1. The maximum Gasteiger partial charge on any atom is 0.247 e. The summed E-state index contributed by atoms with van der Waals surface area (Å²) in [5.41, 5.74) is 9.06. The summed E-state index contributed by atoms with van der Waals surface area (Å²) in [4.78, 5) is 14.0. The van der Waals surface area contributed by atoms with E-state index in [4.69, 9.17) is 15.2 Å². The number of β-lactam (4-membered cyclic amide) rings is 1. The Morgan fingerprint density at radius 1 is 1.04 bits per heavy atom. The average Bonchev–Trinajstić information content (AvgIpc) is 2.59. The van der Waals surface area contributed by atoms with Crippen LogP contribution in [0.4, 0.5) is 5.69 Å². The molecule has 23 heavy (non-hydrogen) atoms. The smallest absolute Gasteiger partial charge is 0.247 e. The van der Waals surface area contributed by atoms with Gasteiger partial charge >= 0.3 is 0 Å². The minimum absolute atomic E-state index is 0.0766. The van der Waals surface area contributed by atoms with Crippen molar-refractivity contribution in [2.24, 2.45) is 5.73 Å². The van der Waals surface area contributed by atoms with E-state index in [1.54, 1.807) is 4.90 Å². The van der Waals surface area contributed by atoms with Crippen molar-refractivity contribution in [3.05, 3.63) is 53.6 Å². The fraction of sp³-hybridized carbons (Fsp3) is 0.278. The molecule has 118 valence electrons. The summed E-state index contributed by atoms with van der Waals surface area (Å²) in [6.07, 6.45) is 0. The fourth-order valence-electron chi connectivity index (χ4n) is 3.10. The van der Waals surface area contributed by atoms with Gasteiger partial charge in [0.25, 0.3) is 0 Å². The van der Waals surface area contributed by atoms with Crippen LogP contribution < -0.4 is 20.1 Å². The van der Waals surface area contributed by atoms with Crippen LogP contribution >= 0.6 is 0 Å². The normalized spacial score (nSPS) is 22.7. The van der Waals surface area contributed by atoms with E-state index in [2.05, 4.69) is 0 Å². The van der Waals surface area contributed by atoms with Gasteiger partial charge < -0.3 is 20.1 Å². The molecule has 0 bridgehead atoms. The van der Waals surface area contributed by atoms with Gasteiger partial charge in [-0.2, -0.15) is 0 Å². The Morgan fingerprint density at radius 3 is 2.48 bits per heavy atom. The molecule has 2 N–H and O–H groups in total. The molecule has 1 saturated heterocycles. The summed E-state index contributed by atoms with van der Waals surface area (Å²) in [5.74, 6) is 1.31. The molecule has 5 heteroatoms. The first-order valence-corrected chi connectivity index (χ1v) is 7.70. The summed E-state index contributed by atoms with van der Waals surface area (Å²) in [6, 6.07) is 13.0. The van der Waals surface area contributed by atoms with E-state index in [1.807, 2.05) is 49.4 Å². The van der Waals surface area contributed by atoms with Crippen LogP contribution in [0, 0.1) is 6.92 Å². The Bertz CT molecular complexity index is 757. The number of carbonyl (C=O) groups is 1. The van der Waals surface area contributed by atoms with Gasteiger partial charge in [-0.3, -0.25) is 4.79 Å². The standard InChI is InChI=1S/C18H18N2O3/c1-11-2-4-12(5-3-11)17-16(19)18(21)20(17)13-6-7-14-15(10-13)23-9-8-22-14/h2-7,10,16-17H,8-9,19H2,1H3. The average molecular weight is 310 g/mol. The molecule has 4 rings (SSSR count). The monoisotopic (exact) mass is 310 g/mol. The summed E-state index contributed by atoms with van der Waals surface area (Å²) in [5, 5.41) is 0. The van der Waals surface area contributed by atoms with Crippen molar-refractivity contribution in [2.45, 2.75) is 19.0 Å². The molecule has 0 spiro atoms. The lowest BCUT2D eigenvalue weighted by Gasteiger charge is -2.45. The highest BCUT2D eigenvalue weighted by molar-refractivity contribution is 6.05. The lowest BCUT2D eigenvalue weighted by molar-refractivity contribution is -0.126. The van der Waals surface area contributed by atoms with Gasteiger partial charge in [0.2, 0.25) is 5.91 Å². The molecule has 2 aliphatic rings. The molecule has 0 saturated carbocycles. The second-order valence-electron chi connectivity index (χ2n) is 5.92. The van der Waals surface area contributed by atoms with Crippen LogP contribution in [-0.4, -0.2) is 25.2 Å². The molecule has 2 unspecified atom stereocenters. The SMILES string of the molecule is Cc1ccc(C2C(N)C(=O)N2c2ccc3c(c2)OCCO3)cc1. The van der Waals surface area contributed by atoms with Gasteiger partial charge in [-0.25, -0.2) is 0 Å². The number of ether oxygens (including phenoxy) is 2. The van der Waals surface area contributed by atoms with Crippen molar-refractivity contribution in [3.63, 3.8) is 0 Å². The number of nitrogens with zero attached hydrogens (tertiary/aromatic N) is 1. The fourth-order valence-corrected chi connectivity index (χ4v) is 3.10. The number of amides is 1. The van der Waals surface area contributed by atoms with Crippen LogP contribution in [0.25, 0.3) is 0 Å². The molecular weight excluding hydrogens is 292 g/mol. The Hall–Kier alpha value is -2.53. The maximum absolute atomic E-state index is 12.3. The van der Waals surface area contributed by atoms with Crippen molar-refractivity contribution >= 4 is 11.6 Å². The van der Waals surface area contributed by atoms with Crippen molar-refractivity contribution in [3.8, 4) is 11.5 Å². The molecule has 1 amide bonds. The lowest BCUT2D eigenvalue weighted by Crippen LogP contribution is -2.63. The number of benzene rings is 2. The number of aryl methyl sites for hydroxylation is 1. The number of hydrogen-bond acceptors (Lipinski definition) is 4. The Kier molecular flexibility index (Phi) is 3.23. The van der Waals surface area contributed by atoms with Gasteiger partial charge in [0, 0.05) is 11.8 Å². The summed E-state index contributed by atoms with van der Waals surface area (Å²) >= 11 is 0. The van der Waals surface area contributed by atoms with E-state index in [0.29, 0.717) is 24.7 Å². The number of hydrogen-bond donors (Lipinski definition) is 1. The third-order valence-corrected chi connectivity index (χ3v) is 4.36. The number of rotatable bonds is 2. The number of fused-ring (bicyclic) bond motifs is 1. The highest BCUT2D eigenvalue weighted by Gasteiger charge is 2.46. The molecule has 2 aliphatic heterocycles. The van der Waals surface area contributed by atoms with E-state index in [0.717, 1.165) is 11.3 Å². The molecule has 2 aromatic carbocycles. The van der Waals surface area contributed by atoms with Crippen molar-refractivity contribution in [1.82, 2.24) is 0 Å².